The van der Waals surface area contributed by atoms with Gasteiger partial charge in [-0.2, -0.15) is 0 Å². The van der Waals surface area contributed by atoms with Crippen molar-refractivity contribution in [2.75, 3.05) is 5.32 Å². The van der Waals surface area contributed by atoms with Crippen molar-refractivity contribution in [1.82, 2.24) is 0 Å². The SMILES string of the molecule is CC(=O)c1cccc(NC(=O)[C@H](SCc2ccco2)c2ccccc2)c1. The number of carbonyl (C=O) groups excluding carboxylic acids is 2. The summed E-state index contributed by atoms with van der Waals surface area (Å²) in [7, 11) is 0. The van der Waals surface area contributed by atoms with Gasteiger partial charge in [-0.1, -0.05) is 42.5 Å². The molecule has 0 radical (unpaired) electrons. The summed E-state index contributed by atoms with van der Waals surface area (Å²) in [6.07, 6.45) is 1.63. The van der Waals surface area contributed by atoms with Crippen molar-refractivity contribution in [1.29, 1.82) is 0 Å². The van der Waals surface area contributed by atoms with E-state index >= 15 is 0 Å². The van der Waals surface area contributed by atoms with Crippen molar-refractivity contribution >= 4 is 29.1 Å². The van der Waals surface area contributed by atoms with Gasteiger partial charge in [0.2, 0.25) is 5.91 Å². The number of ketones is 1. The number of Topliss-reactive ketones (excluding diaryl/α,β-unsaturated/α-hetero) is 1. The minimum absolute atomic E-state index is 0.0343. The summed E-state index contributed by atoms with van der Waals surface area (Å²) in [4.78, 5) is 24.5. The second kappa shape index (κ2) is 8.54. The lowest BCUT2D eigenvalue weighted by Crippen LogP contribution is -2.19. The highest BCUT2D eigenvalue weighted by Crippen LogP contribution is 2.33. The first-order chi connectivity index (χ1) is 12.6. The molecule has 132 valence electrons. The number of furan rings is 1. The van der Waals surface area contributed by atoms with Gasteiger partial charge in [-0.15, -0.1) is 11.8 Å². The Morgan fingerprint density at radius 3 is 2.54 bits per heavy atom. The molecule has 0 bridgehead atoms. The van der Waals surface area contributed by atoms with E-state index in [4.69, 9.17) is 4.42 Å². The molecule has 2 aromatic carbocycles. The number of rotatable bonds is 7. The maximum absolute atomic E-state index is 12.9. The lowest BCUT2D eigenvalue weighted by atomic mass is 10.1. The Hall–Kier alpha value is -2.79. The van der Waals surface area contributed by atoms with Gasteiger partial charge in [0.05, 0.1) is 12.0 Å². The summed E-state index contributed by atoms with van der Waals surface area (Å²) >= 11 is 1.50. The largest absolute Gasteiger partial charge is 0.468 e. The molecule has 1 N–H and O–H groups in total. The smallest absolute Gasteiger partial charge is 0.242 e. The van der Waals surface area contributed by atoms with Crippen LogP contribution in [0.2, 0.25) is 0 Å². The molecular weight excluding hydrogens is 346 g/mol. The Balaban J connectivity index is 1.78. The standard InChI is InChI=1S/C21H19NO3S/c1-15(23)17-9-5-10-18(13-17)22-21(24)20(16-7-3-2-4-8-16)26-14-19-11-6-12-25-19/h2-13,20H,14H2,1H3,(H,22,24)/t20-/m1/s1. The first-order valence-electron chi connectivity index (χ1n) is 8.24. The number of thioether (sulfide) groups is 1. The molecule has 3 rings (SSSR count). The van der Waals surface area contributed by atoms with Crippen LogP contribution >= 0.6 is 11.8 Å². The van der Waals surface area contributed by atoms with E-state index in [0.717, 1.165) is 11.3 Å². The lowest BCUT2D eigenvalue weighted by Gasteiger charge is -2.17. The lowest BCUT2D eigenvalue weighted by molar-refractivity contribution is -0.115. The third kappa shape index (κ3) is 4.64. The molecule has 0 saturated carbocycles. The van der Waals surface area contributed by atoms with E-state index in [-0.39, 0.29) is 16.9 Å². The van der Waals surface area contributed by atoms with E-state index in [1.807, 2.05) is 42.5 Å². The van der Waals surface area contributed by atoms with Crippen LogP contribution in [0, 0.1) is 0 Å². The molecule has 0 saturated heterocycles. The third-order valence-corrected chi connectivity index (χ3v) is 5.12. The topological polar surface area (TPSA) is 59.3 Å². The second-order valence-corrected chi connectivity index (χ2v) is 6.90. The van der Waals surface area contributed by atoms with Crippen LogP contribution in [-0.2, 0) is 10.5 Å². The number of amides is 1. The van der Waals surface area contributed by atoms with Gasteiger partial charge in [-0.05, 0) is 36.8 Å². The number of carbonyl (C=O) groups is 2. The fraction of sp³-hybridized carbons (Fsp3) is 0.143. The number of hydrogen-bond donors (Lipinski definition) is 1. The maximum atomic E-state index is 12.9. The van der Waals surface area contributed by atoms with Gasteiger partial charge in [0.1, 0.15) is 11.0 Å². The van der Waals surface area contributed by atoms with Gasteiger partial charge >= 0.3 is 0 Å². The van der Waals surface area contributed by atoms with Crippen LogP contribution in [0.5, 0.6) is 0 Å². The van der Waals surface area contributed by atoms with Crippen molar-refractivity contribution in [3.05, 3.63) is 89.9 Å². The van der Waals surface area contributed by atoms with Gasteiger partial charge in [0.15, 0.2) is 5.78 Å². The molecule has 1 amide bonds. The first kappa shape index (κ1) is 18.0. The molecule has 0 fully saturated rings. The summed E-state index contributed by atoms with van der Waals surface area (Å²) in [5.41, 5.74) is 2.11. The maximum Gasteiger partial charge on any atom is 0.242 e. The van der Waals surface area contributed by atoms with Crippen LogP contribution in [0.1, 0.15) is 33.9 Å². The highest BCUT2D eigenvalue weighted by atomic mass is 32.2. The minimum Gasteiger partial charge on any atom is -0.468 e. The van der Waals surface area contributed by atoms with Crippen molar-refractivity contribution < 1.29 is 14.0 Å². The zero-order valence-electron chi connectivity index (χ0n) is 14.3. The highest BCUT2D eigenvalue weighted by Gasteiger charge is 2.22. The van der Waals surface area contributed by atoms with E-state index in [1.54, 1.807) is 30.5 Å². The quantitative estimate of drug-likeness (QED) is 0.592. The van der Waals surface area contributed by atoms with E-state index < -0.39 is 0 Å². The summed E-state index contributed by atoms with van der Waals surface area (Å²) in [5, 5.41) is 2.54. The molecular formula is C21H19NO3S. The van der Waals surface area contributed by atoms with Gasteiger partial charge in [-0.3, -0.25) is 9.59 Å². The van der Waals surface area contributed by atoms with Crippen LogP contribution in [-0.4, -0.2) is 11.7 Å². The summed E-state index contributed by atoms with van der Waals surface area (Å²) in [6, 6.07) is 20.3. The normalized spacial score (nSPS) is 11.7. The molecule has 5 heteroatoms. The molecule has 0 aliphatic rings. The van der Waals surface area contributed by atoms with Crippen molar-refractivity contribution in [3.63, 3.8) is 0 Å². The number of benzene rings is 2. The monoisotopic (exact) mass is 365 g/mol. The molecule has 1 atom stereocenters. The summed E-state index contributed by atoms with van der Waals surface area (Å²) < 4.78 is 5.37. The van der Waals surface area contributed by atoms with Gasteiger partial charge in [0, 0.05) is 11.3 Å². The molecule has 3 aromatic rings. The van der Waals surface area contributed by atoms with Crippen molar-refractivity contribution in [2.45, 2.75) is 17.9 Å². The number of hydrogen-bond acceptors (Lipinski definition) is 4. The Labute approximate surface area is 156 Å². The predicted octanol–water partition coefficient (Wildman–Crippen LogP) is 5.10. The summed E-state index contributed by atoms with van der Waals surface area (Å²) in [6.45, 7) is 1.51. The number of anilines is 1. The Bertz CT molecular complexity index is 875. The fourth-order valence-electron chi connectivity index (χ4n) is 2.54. The van der Waals surface area contributed by atoms with E-state index in [9.17, 15) is 9.59 Å². The van der Waals surface area contributed by atoms with E-state index in [2.05, 4.69) is 5.32 Å². The Morgan fingerprint density at radius 2 is 1.85 bits per heavy atom. The average molecular weight is 365 g/mol. The molecule has 1 heterocycles. The van der Waals surface area contributed by atoms with Crippen molar-refractivity contribution in [2.24, 2.45) is 0 Å². The third-order valence-electron chi connectivity index (χ3n) is 3.85. The molecule has 1 aromatic heterocycles. The van der Waals surface area contributed by atoms with Gasteiger partial charge in [0.25, 0.3) is 0 Å². The summed E-state index contributed by atoms with van der Waals surface area (Å²) in [5.74, 6) is 1.25. The average Bonchev–Trinajstić information content (AvgIpc) is 3.16. The molecule has 0 spiro atoms. The number of nitrogens with one attached hydrogen (secondary N) is 1. The van der Waals surface area contributed by atoms with Crippen molar-refractivity contribution in [3.8, 4) is 0 Å². The predicted molar refractivity (Wildman–Crippen MR) is 104 cm³/mol. The second-order valence-electron chi connectivity index (χ2n) is 5.81. The van der Waals surface area contributed by atoms with E-state index in [0.29, 0.717) is 17.0 Å². The first-order valence-corrected chi connectivity index (χ1v) is 9.29. The van der Waals surface area contributed by atoms with Crippen LogP contribution in [0.15, 0.2) is 77.4 Å². The van der Waals surface area contributed by atoms with Gasteiger partial charge in [-0.25, -0.2) is 0 Å². The molecule has 26 heavy (non-hydrogen) atoms. The van der Waals surface area contributed by atoms with Gasteiger partial charge < -0.3 is 9.73 Å². The van der Waals surface area contributed by atoms with E-state index in [1.165, 1.54) is 18.7 Å². The zero-order valence-corrected chi connectivity index (χ0v) is 15.2. The molecule has 0 aliphatic heterocycles. The highest BCUT2D eigenvalue weighted by molar-refractivity contribution is 7.99. The molecule has 0 unspecified atom stereocenters. The molecule has 0 aliphatic carbocycles. The minimum atomic E-state index is -0.387. The Kier molecular flexibility index (Phi) is 5.92. The van der Waals surface area contributed by atoms with Crippen LogP contribution in [0.4, 0.5) is 5.69 Å². The van der Waals surface area contributed by atoms with Crippen LogP contribution in [0.25, 0.3) is 0 Å². The Morgan fingerprint density at radius 1 is 1.04 bits per heavy atom. The fourth-order valence-corrected chi connectivity index (χ4v) is 3.59. The van der Waals surface area contributed by atoms with Crippen LogP contribution in [0.3, 0.4) is 0 Å². The van der Waals surface area contributed by atoms with Crippen LogP contribution < -0.4 is 5.32 Å². The zero-order chi connectivity index (χ0) is 18.4. The molecule has 4 nitrogen and oxygen atoms in total.